The molecule has 3 heteroatoms. The van der Waals surface area contributed by atoms with Crippen molar-refractivity contribution < 1.29 is 4.79 Å². The third-order valence-corrected chi connectivity index (χ3v) is 14.0. The lowest BCUT2D eigenvalue weighted by atomic mass is 9.88. The second kappa shape index (κ2) is 23.7. The minimum absolute atomic E-state index is 0.120. The van der Waals surface area contributed by atoms with E-state index in [9.17, 15) is 4.79 Å². The number of unbranched alkanes of at least 4 members (excludes halogenated alkanes) is 14. The molecule has 1 N–H and O–H groups in total. The molecule has 0 aromatic heterocycles. The van der Waals surface area contributed by atoms with E-state index in [0.717, 1.165) is 53.1 Å². The van der Waals surface area contributed by atoms with Crippen molar-refractivity contribution >= 4 is 11.6 Å². The summed E-state index contributed by atoms with van der Waals surface area (Å²) in [6.07, 6.45) is 43.7. The molecule has 4 fully saturated rings. The van der Waals surface area contributed by atoms with E-state index in [2.05, 4.69) is 24.2 Å². The van der Waals surface area contributed by atoms with Crippen LogP contribution in [0.15, 0.2) is 4.99 Å². The fraction of sp³-hybridized carbons (Fsp3) is 0.957. The summed E-state index contributed by atoms with van der Waals surface area (Å²) >= 11 is 0. The Morgan fingerprint density at radius 1 is 0.531 bits per heavy atom. The predicted molar refractivity (Wildman–Crippen MR) is 213 cm³/mol. The molecule has 8 unspecified atom stereocenters. The second-order valence-corrected chi connectivity index (χ2v) is 18.1. The van der Waals surface area contributed by atoms with Crippen LogP contribution in [0, 0.1) is 53.3 Å². The molecule has 0 saturated heterocycles. The SMILES string of the molecule is CCCCCC1CC1CC1CC1CCCCCCCCC(CCCCCCCCC1CC1CC1CC1CCCCC)C(CC(=O)NC)=NC. The van der Waals surface area contributed by atoms with Crippen LogP contribution in [-0.4, -0.2) is 25.7 Å². The molecule has 284 valence electrons. The van der Waals surface area contributed by atoms with Crippen molar-refractivity contribution in [1.82, 2.24) is 5.32 Å². The third kappa shape index (κ3) is 17.0. The number of hydrogen-bond acceptors (Lipinski definition) is 2. The van der Waals surface area contributed by atoms with E-state index in [4.69, 9.17) is 0 Å². The summed E-state index contributed by atoms with van der Waals surface area (Å²) < 4.78 is 0. The Morgan fingerprint density at radius 2 is 0.878 bits per heavy atom. The highest BCUT2D eigenvalue weighted by molar-refractivity contribution is 6.02. The Hall–Kier alpha value is -0.860. The summed E-state index contributed by atoms with van der Waals surface area (Å²) in [7, 11) is 3.67. The first-order valence-electron chi connectivity index (χ1n) is 22.7. The van der Waals surface area contributed by atoms with Gasteiger partial charge in [-0.15, -0.1) is 0 Å². The van der Waals surface area contributed by atoms with Crippen LogP contribution >= 0.6 is 0 Å². The van der Waals surface area contributed by atoms with Crippen molar-refractivity contribution in [3.8, 4) is 0 Å². The highest BCUT2D eigenvalue weighted by Crippen LogP contribution is 2.55. The fourth-order valence-corrected chi connectivity index (χ4v) is 10.0. The maximum Gasteiger partial charge on any atom is 0.225 e. The van der Waals surface area contributed by atoms with Gasteiger partial charge in [-0.25, -0.2) is 0 Å². The van der Waals surface area contributed by atoms with Crippen molar-refractivity contribution in [2.75, 3.05) is 14.1 Å². The average molecular weight is 681 g/mol. The second-order valence-electron chi connectivity index (χ2n) is 18.1. The number of nitrogens with one attached hydrogen (secondary N) is 1. The number of carbonyl (C=O) groups is 1. The van der Waals surface area contributed by atoms with E-state index in [1.54, 1.807) is 45.6 Å². The lowest BCUT2D eigenvalue weighted by molar-refractivity contribution is -0.119. The van der Waals surface area contributed by atoms with E-state index in [0.29, 0.717) is 12.3 Å². The molecule has 0 aliphatic heterocycles. The highest BCUT2D eigenvalue weighted by Gasteiger charge is 2.45. The van der Waals surface area contributed by atoms with E-state index in [-0.39, 0.29) is 5.91 Å². The van der Waals surface area contributed by atoms with Crippen molar-refractivity contribution in [1.29, 1.82) is 0 Å². The molecular weight excluding hydrogens is 597 g/mol. The average Bonchev–Trinajstić information content (AvgIpc) is 3.93. The molecule has 4 rings (SSSR count). The maximum absolute atomic E-state index is 12.2. The van der Waals surface area contributed by atoms with E-state index in [1.165, 1.54) is 154 Å². The zero-order valence-corrected chi connectivity index (χ0v) is 33.5. The monoisotopic (exact) mass is 681 g/mol. The highest BCUT2D eigenvalue weighted by atomic mass is 16.1. The maximum atomic E-state index is 12.2. The van der Waals surface area contributed by atoms with Crippen LogP contribution in [0.4, 0.5) is 0 Å². The van der Waals surface area contributed by atoms with Gasteiger partial charge in [-0.1, -0.05) is 155 Å². The van der Waals surface area contributed by atoms with Gasteiger partial charge in [0.05, 0.1) is 6.42 Å². The van der Waals surface area contributed by atoms with Crippen LogP contribution in [-0.2, 0) is 4.79 Å². The molecule has 4 aliphatic carbocycles. The largest absolute Gasteiger partial charge is 0.359 e. The summed E-state index contributed by atoms with van der Waals surface area (Å²) in [4.78, 5) is 16.9. The topological polar surface area (TPSA) is 41.5 Å². The zero-order chi connectivity index (χ0) is 34.7. The van der Waals surface area contributed by atoms with Gasteiger partial charge in [-0.2, -0.15) is 0 Å². The molecule has 1 amide bonds. The molecule has 3 nitrogen and oxygen atoms in total. The van der Waals surface area contributed by atoms with Gasteiger partial charge in [0.25, 0.3) is 0 Å². The molecule has 0 aromatic rings. The first kappa shape index (κ1) is 40.9. The lowest BCUT2D eigenvalue weighted by Crippen LogP contribution is -2.25. The van der Waals surface area contributed by atoms with E-state index in [1.807, 2.05) is 7.05 Å². The molecule has 0 aromatic carbocycles. The van der Waals surface area contributed by atoms with Gasteiger partial charge in [0, 0.05) is 19.8 Å². The van der Waals surface area contributed by atoms with Crippen LogP contribution in [0.2, 0.25) is 0 Å². The third-order valence-electron chi connectivity index (χ3n) is 14.0. The molecule has 4 aliphatic rings. The smallest absolute Gasteiger partial charge is 0.225 e. The van der Waals surface area contributed by atoms with Crippen LogP contribution in [0.3, 0.4) is 0 Å². The fourth-order valence-electron chi connectivity index (χ4n) is 10.0. The van der Waals surface area contributed by atoms with Crippen LogP contribution in [0.5, 0.6) is 0 Å². The Balaban J connectivity index is 0.963. The molecule has 0 bridgehead atoms. The van der Waals surface area contributed by atoms with Crippen LogP contribution < -0.4 is 5.32 Å². The van der Waals surface area contributed by atoms with Crippen molar-refractivity contribution in [2.24, 2.45) is 58.3 Å². The first-order valence-corrected chi connectivity index (χ1v) is 22.7. The summed E-state index contributed by atoms with van der Waals surface area (Å²) in [5, 5.41) is 2.83. The molecular formula is C46H84N2O. The molecule has 0 heterocycles. The van der Waals surface area contributed by atoms with Gasteiger partial charge in [0.1, 0.15) is 0 Å². The summed E-state index contributed by atoms with van der Waals surface area (Å²) in [5.41, 5.74) is 1.15. The number of aliphatic imine (C=N–C) groups is 1. The van der Waals surface area contributed by atoms with Gasteiger partial charge >= 0.3 is 0 Å². The Bertz CT molecular complexity index is 857. The Labute approximate surface area is 306 Å². The number of nitrogens with zero attached hydrogens (tertiary/aromatic N) is 1. The van der Waals surface area contributed by atoms with E-state index < -0.39 is 0 Å². The minimum atomic E-state index is 0.120. The minimum Gasteiger partial charge on any atom is -0.359 e. The van der Waals surface area contributed by atoms with Crippen LogP contribution in [0.25, 0.3) is 0 Å². The predicted octanol–water partition coefficient (Wildman–Crippen LogP) is 13.5. The zero-order valence-electron chi connectivity index (χ0n) is 33.5. The lowest BCUT2D eigenvalue weighted by Gasteiger charge is -2.19. The molecule has 49 heavy (non-hydrogen) atoms. The molecule has 4 saturated carbocycles. The summed E-state index contributed by atoms with van der Waals surface area (Å²) in [5.74, 6) is 9.46. The number of amides is 1. The van der Waals surface area contributed by atoms with Gasteiger partial charge < -0.3 is 5.32 Å². The Morgan fingerprint density at radius 3 is 1.22 bits per heavy atom. The van der Waals surface area contributed by atoms with Gasteiger partial charge in [-0.3, -0.25) is 9.79 Å². The standard InChI is InChI=1S/C46H84N2O/c1-5-7-17-25-37-29-41(37)33-43-31-39(43)27-21-15-11-9-13-19-23-36(45(47-3)35-46(49)48-4)24-20-14-10-12-16-22-28-40-32-44(40)34-42-30-38(42)26-18-8-6-2/h36-44H,5-35H2,1-4H3,(H,48,49). The number of carbonyl (C=O) groups excluding carboxylic acids is 1. The van der Waals surface area contributed by atoms with Gasteiger partial charge in [-0.05, 0) is 105 Å². The number of rotatable bonds is 33. The molecule has 0 radical (unpaired) electrons. The number of hydrogen-bond donors (Lipinski definition) is 1. The van der Waals surface area contributed by atoms with Gasteiger partial charge in [0.2, 0.25) is 5.91 Å². The quantitative estimate of drug-likeness (QED) is 0.0544. The normalized spacial score (nSPS) is 29.2. The van der Waals surface area contributed by atoms with Crippen molar-refractivity contribution in [3.63, 3.8) is 0 Å². The first-order chi connectivity index (χ1) is 24.1. The summed E-state index contributed by atoms with van der Waals surface area (Å²) in [6, 6.07) is 0. The van der Waals surface area contributed by atoms with Gasteiger partial charge in [0.15, 0.2) is 0 Å². The molecule has 8 atom stereocenters. The van der Waals surface area contributed by atoms with Crippen LogP contribution in [0.1, 0.15) is 213 Å². The van der Waals surface area contributed by atoms with Crippen molar-refractivity contribution in [3.05, 3.63) is 0 Å². The summed E-state index contributed by atoms with van der Waals surface area (Å²) in [6.45, 7) is 4.66. The van der Waals surface area contributed by atoms with E-state index >= 15 is 0 Å². The Kier molecular flexibility index (Phi) is 19.7. The molecule has 0 spiro atoms. The van der Waals surface area contributed by atoms with Crippen molar-refractivity contribution in [2.45, 2.75) is 213 Å².